The van der Waals surface area contributed by atoms with Crippen molar-refractivity contribution in [3.8, 4) is 0 Å². The Bertz CT molecular complexity index is 591. The van der Waals surface area contributed by atoms with Gasteiger partial charge in [-0.25, -0.2) is 0 Å². The molecule has 1 saturated heterocycles. The minimum atomic E-state index is 0.0296. The lowest BCUT2D eigenvalue weighted by atomic mass is 9.87. The van der Waals surface area contributed by atoms with Crippen LogP contribution >= 0.6 is 0 Å². The second-order valence-electron chi connectivity index (χ2n) is 5.94. The molecule has 0 atom stereocenters. The lowest BCUT2D eigenvalue weighted by Crippen LogP contribution is -2.55. The summed E-state index contributed by atoms with van der Waals surface area (Å²) in [6, 6.07) is 20.7. The van der Waals surface area contributed by atoms with Crippen LogP contribution in [-0.2, 0) is 4.79 Å². The molecule has 1 aliphatic carbocycles. The van der Waals surface area contributed by atoms with E-state index in [0.29, 0.717) is 5.91 Å². The van der Waals surface area contributed by atoms with E-state index in [1.54, 1.807) is 0 Å². The highest BCUT2D eigenvalue weighted by Crippen LogP contribution is 2.56. The molecule has 100 valence electrons. The molecular weight excluding hydrogens is 246 g/mol. The van der Waals surface area contributed by atoms with Crippen LogP contribution in [0.25, 0.3) is 0 Å². The Morgan fingerprint density at radius 3 is 1.75 bits per heavy atom. The highest BCUT2D eigenvalue weighted by molar-refractivity contribution is 5.92. The predicted octanol–water partition coefficient (Wildman–Crippen LogP) is 3.40. The van der Waals surface area contributed by atoms with Crippen molar-refractivity contribution in [1.29, 1.82) is 0 Å². The van der Waals surface area contributed by atoms with Gasteiger partial charge in [0, 0.05) is 6.54 Å². The van der Waals surface area contributed by atoms with E-state index in [1.807, 2.05) is 41.3 Å². The molecule has 1 spiro atoms. The molecule has 1 heterocycles. The Morgan fingerprint density at radius 2 is 1.35 bits per heavy atom. The molecule has 0 bridgehead atoms. The number of hydrogen-bond acceptors (Lipinski definition) is 1. The number of carbonyl (C=O) groups excluding carboxylic acids is 1. The minimum Gasteiger partial charge on any atom is -0.330 e. The van der Waals surface area contributed by atoms with Crippen LogP contribution in [-0.4, -0.2) is 17.4 Å². The number of benzene rings is 2. The summed E-state index contributed by atoms with van der Waals surface area (Å²) in [6.45, 7) is 0.917. The highest BCUT2D eigenvalue weighted by atomic mass is 16.2. The second kappa shape index (κ2) is 4.20. The van der Waals surface area contributed by atoms with Gasteiger partial charge in [-0.05, 0) is 24.0 Å². The predicted molar refractivity (Wildman–Crippen MR) is 78.1 cm³/mol. The van der Waals surface area contributed by atoms with Crippen LogP contribution in [0.4, 0.5) is 0 Å². The van der Waals surface area contributed by atoms with Gasteiger partial charge >= 0.3 is 0 Å². The summed E-state index contributed by atoms with van der Waals surface area (Å²) in [7, 11) is 0. The number of nitrogens with zero attached hydrogens (tertiary/aromatic N) is 1. The first-order valence-electron chi connectivity index (χ1n) is 7.21. The zero-order valence-corrected chi connectivity index (χ0v) is 11.3. The quantitative estimate of drug-likeness (QED) is 0.777. The molecule has 20 heavy (non-hydrogen) atoms. The number of amides is 1. The molecule has 2 fully saturated rings. The average molecular weight is 263 g/mol. The maximum atomic E-state index is 12.5. The van der Waals surface area contributed by atoms with Crippen molar-refractivity contribution in [3.05, 3.63) is 71.8 Å². The van der Waals surface area contributed by atoms with Crippen LogP contribution in [0.5, 0.6) is 0 Å². The monoisotopic (exact) mass is 263 g/mol. The van der Waals surface area contributed by atoms with E-state index in [1.165, 1.54) is 11.1 Å². The normalized spacial score (nSPS) is 19.2. The van der Waals surface area contributed by atoms with Gasteiger partial charge in [-0.15, -0.1) is 0 Å². The van der Waals surface area contributed by atoms with Gasteiger partial charge in [0.25, 0.3) is 0 Å². The summed E-state index contributed by atoms with van der Waals surface area (Å²) in [5.74, 6) is 0.343. The molecule has 0 unspecified atom stereocenters. The van der Waals surface area contributed by atoms with Gasteiger partial charge in [-0.3, -0.25) is 4.79 Å². The van der Waals surface area contributed by atoms with E-state index in [-0.39, 0.29) is 11.5 Å². The van der Waals surface area contributed by atoms with E-state index >= 15 is 0 Å². The minimum absolute atomic E-state index is 0.0296. The lowest BCUT2D eigenvalue weighted by molar-refractivity contribution is -0.153. The largest absolute Gasteiger partial charge is 0.330 e. The Balaban J connectivity index is 1.73. The Morgan fingerprint density at radius 1 is 0.850 bits per heavy atom. The van der Waals surface area contributed by atoms with E-state index in [9.17, 15) is 4.79 Å². The number of β-lactam (4-membered cyclic amide) rings is 1. The fourth-order valence-corrected chi connectivity index (χ4v) is 3.23. The molecule has 2 heteroatoms. The smallest absolute Gasteiger partial charge is 0.231 e. The van der Waals surface area contributed by atoms with Crippen molar-refractivity contribution in [3.63, 3.8) is 0 Å². The summed E-state index contributed by atoms with van der Waals surface area (Å²) in [6.07, 6.45) is 2.16. The maximum absolute atomic E-state index is 12.5. The molecule has 0 N–H and O–H groups in total. The molecule has 4 rings (SSSR count). The zero-order chi connectivity index (χ0) is 13.6. The van der Waals surface area contributed by atoms with Gasteiger partial charge in [0.1, 0.15) is 0 Å². The van der Waals surface area contributed by atoms with Gasteiger partial charge in [0.05, 0.1) is 11.5 Å². The molecule has 2 aromatic rings. The summed E-state index contributed by atoms with van der Waals surface area (Å²) in [5.41, 5.74) is 2.42. The Kier molecular flexibility index (Phi) is 2.46. The van der Waals surface area contributed by atoms with Gasteiger partial charge in [0.15, 0.2) is 0 Å². The summed E-state index contributed by atoms with van der Waals surface area (Å²) in [5, 5.41) is 0. The maximum Gasteiger partial charge on any atom is 0.231 e. The molecule has 1 saturated carbocycles. The molecule has 2 nitrogen and oxygen atoms in total. The number of hydrogen-bond donors (Lipinski definition) is 0. The van der Waals surface area contributed by atoms with Crippen molar-refractivity contribution in [1.82, 2.24) is 4.90 Å². The third-order valence-electron chi connectivity index (χ3n) is 4.58. The van der Waals surface area contributed by atoms with Crippen molar-refractivity contribution in [2.75, 3.05) is 6.54 Å². The van der Waals surface area contributed by atoms with Crippen molar-refractivity contribution >= 4 is 5.91 Å². The highest BCUT2D eigenvalue weighted by Gasteiger charge is 2.62. The molecule has 1 aliphatic heterocycles. The van der Waals surface area contributed by atoms with Gasteiger partial charge in [-0.1, -0.05) is 60.7 Å². The lowest BCUT2D eigenvalue weighted by Gasteiger charge is -2.45. The standard InChI is InChI=1S/C18H17NO/c20-17-18(11-12-18)13-19(17)16(14-7-3-1-4-8-14)15-9-5-2-6-10-15/h1-10,16H,11-13H2. The molecule has 2 aromatic carbocycles. The number of rotatable bonds is 3. The van der Waals surface area contributed by atoms with Crippen molar-refractivity contribution < 1.29 is 4.79 Å². The molecule has 1 amide bonds. The third kappa shape index (κ3) is 1.68. The van der Waals surface area contributed by atoms with E-state index in [2.05, 4.69) is 24.3 Å². The first kappa shape index (κ1) is 11.7. The van der Waals surface area contributed by atoms with Crippen LogP contribution in [0.2, 0.25) is 0 Å². The van der Waals surface area contributed by atoms with E-state index < -0.39 is 0 Å². The summed E-state index contributed by atoms with van der Waals surface area (Å²) < 4.78 is 0. The Hall–Kier alpha value is -2.09. The molecule has 2 aliphatic rings. The molecule has 0 aromatic heterocycles. The average Bonchev–Trinajstić information content (AvgIpc) is 3.31. The van der Waals surface area contributed by atoms with Gasteiger partial charge < -0.3 is 4.90 Å². The molecular formula is C18H17NO. The SMILES string of the molecule is O=C1N(C(c2ccccc2)c2ccccc2)CC12CC2. The van der Waals surface area contributed by atoms with Crippen LogP contribution in [0.1, 0.15) is 30.0 Å². The number of likely N-dealkylation sites (tertiary alicyclic amines) is 1. The topological polar surface area (TPSA) is 20.3 Å². The third-order valence-corrected chi connectivity index (χ3v) is 4.58. The van der Waals surface area contributed by atoms with Crippen molar-refractivity contribution in [2.45, 2.75) is 18.9 Å². The summed E-state index contributed by atoms with van der Waals surface area (Å²) >= 11 is 0. The fourth-order valence-electron chi connectivity index (χ4n) is 3.23. The van der Waals surface area contributed by atoms with E-state index in [4.69, 9.17) is 0 Å². The van der Waals surface area contributed by atoms with Crippen LogP contribution in [0.15, 0.2) is 60.7 Å². The van der Waals surface area contributed by atoms with Crippen molar-refractivity contribution in [2.24, 2.45) is 5.41 Å². The van der Waals surface area contributed by atoms with Crippen LogP contribution < -0.4 is 0 Å². The first-order chi connectivity index (χ1) is 9.80. The van der Waals surface area contributed by atoms with Gasteiger partial charge in [0.2, 0.25) is 5.91 Å². The first-order valence-corrected chi connectivity index (χ1v) is 7.21. The summed E-state index contributed by atoms with van der Waals surface area (Å²) in [4.78, 5) is 14.5. The zero-order valence-electron chi connectivity index (χ0n) is 11.3. The molecule has 0 radical (unpaired) electrons. The van der Waals surface area contributed by atoms with Crippen LogP contribution in [0, 0.1) is 5.41 Å². The fraction of sp³-hybridized carbons (Fsp3) is 0.278. The van der Waals surface area contributed by atoms with E-state index in [0.717, 1.165) is 19.4 Å². The second-order valence-corrected chi connectivity index (χ2v) is 5.94. The van der Waals surface area contributed by atoms with Gasteiger partial charge in [-0.2, -0.15) is 0 Å². The number of carbonyl (C=O) groups is 1. The van der Waals surface area contributed by atoms with Crippen LogP contribution in [0.3, 0.4) is 0 Å². The Labute approximate surface area is 119 Å².